The van der Waals surface area contributed by atoms with Crippen LogP contribution in [0.2, 0.25) is 0 Å². The molecule has 7 nitrogen and oxygen atoms in total. The van der Waals surface area contributed by atoms with Gasteiger partial charge in [0.2, 0.25) is 0 Å². The molecule has 0 bridgehead atoms. The second-order valence-corrected chi connectivity index (χ2v) is 5.59. The highest BCUT2D eigenvalue weighted by Gasteiger charge is 2.32. The third-order valence-corrected chi connectivity index (χ3v) is 4.22. The lowest BCUT2D eigenvalue weighted by Gasteiger charge is -2.23. The zero-order valence-electron chi connectivity index (χ0n) is 11.7. The molecule has 110 valence electrons. The molecule has 1 aromatic rings. The minimum Gasteiger partial charge on any atom is -0.336 e. The van der Waals surface area contributed by atoms with Crippen molar-refractivity contribution in [2.45, 2.75) is 31.8 Å². The van der Waals surface area contributed by atoms with Crippen LogP contribution in [-0.4, -0.2) is 69.5 Å². The Hall–Kier alpha value is -1.47. The number of aromatic nitrogens is 3. The molecule has 0 aliphatic carbocycles. The van der Waals surface area contributed by atoms with Gasteiger partial charge < -0.3 is 10.6 Å². The average molecular weight is 278 g/mol. The van der Waals surface area contributed by atoms with Crippen LogP contribution in [0.3, 0.4) is 0 Å². The standard InChI is InChI=1S/C13H22N6O/c14-4-8-19-10-12(15-16-19)13(20)18-7-3-11(9-18)17-5-1-2-6-17/h10-11H,1-9,14H2. The van der Waals surface area contributed by atoms with Crippen LogP contribution in [0.5, 0.6) is 0 Å². The Labute approximate surface area is 118 Å². The number of carbonyl (C=O) groups is 1. The van der Waals surface area contributed by atoms with Gasteiger partial charge in [-0.15, -0.1) is 5.10 Å². The van der Waals surface area contributed by atoms with Gasteiger partial charge in [0, 0.05) is 25.7 Å². The lowest BCUT2D eigenvalue weighted by Crippen LogP contribution is -2.37. The smallest absolute Gasteiger partial charge is 0.276 e. The summed E-state index contributed by atoms with van der Waals surface area (Å²) < 4.78 is 1.63. The normalized spacial score (nSPS) is 23.6. The summed E-state index contributed by atoms with van der Waals surface area (Å²) in [7, 11) is 0. The highest BCUT2D eigenvalue weighted by atomic mass is 16.2. The average Bonchev–Trinajstić information content (AvgIpc) is 3.19. The van der Waals surface area contributed by atoms with Crippen LogP contribution in [0.1, 0.15) is 29.8 Å². The van der Waals surface area contributed by atoms with Crippen LogP contribution >= 0.6 is 0 Å². The van der Waals surface area contributed by atoms with Gasteiger partial charge in [-0.2, -0.15) is 0 Å². The number of carbonyl (C=O) groups excluding carboxylic acids is 1. The summed E-state index contributed by atoms with van der Waals surface area (Å²) in [6.07, 6.45) is 5.34. The fourth-order valence-corrected chi connectivity index (χ4v) is 3.13. The maximum Gasteiger partial charge on any atom is 0.276 e. The van der Waals surface area contributed by atoms with Gasteiger partial charge in [0.25, 0.3) is 5.91 Å². The molecule has 2 N–H and O–H groups in total. The van der Waals surface area contributed by atoms with E-state index in [4.69, 9.17) is 5.73 Å². The first-order valence-electron chi connectivity index (χ1n) is 7.41. The Morgan fingerprint density at radius 2 is 2.15 bits per heavy atom. The molecule has 1 atom stereocenters. The summed E-state index contributed by atoms with van der Waals surface area (Å²) in [5.41, 5.74) is 5.90. The summed E-state index contributed by atoms with van der Waals surface area (Å²) in [4.78, 5) is 16.8. The first kappa shape index (κ1) is 13.5. The first-order valence-corrected chi connectivity index (χ1v) is 7.41. The number of nitrogens with two attached hydrogens (primary N) is 1. The maximum atomic E-state index is 12.4. The molecular formula is C13H22N6O. The molecule has 3 heterocycles. The highest BCUT2D eigenvalue weighted by molar-refractivity contribution is 5.92. The molecule has 0 radical (unpaired) electrons. The molecule has 2 saturated heterocycles. The van der Waals surface area contributed by atoms with E-state index in [0.29, 0.717) is 24.8 Å². The van der Waals surface area contributed by atoms with Gasteiger partial charge in [-0.1, -0.05) is 5.21 Å². The number of amides is 1. The fraction of sp³-hybridized carbons (Fsp3) is 0.769. The Balaban J connectivity index is 1.59. The number of rotatable bonds is 4. The number of hydrogen-bond acceptors (Lipinski definition) is 5. The van der Waals surface area contributed by atoms with Crippen molar-refractivity contribution in [1.82, 2.24) is 24.8 Å². The molecular weight excluding hydrogens is 256 g/mol. The van der Waals surface area contributed by atoms with E-state index in [9.17, 15) is 4.79 Å². The van der Waals surface area contributed by atoms with E-state index in [1.807, 2.05) is 4.90 Å². The Morgan fingerprint density at radius 3 is 2.90 bits per heavy atom. The van der Waals surface area contributed by atoms with Gasteiger partial charge in [-0.25, -0.2) is 0 Å². The van der Waals surface area contributed by atoms with Gasteiger partial charge >= 0.3 is 0 Å². The molecule has 7 heteroatoms. The first-order chi connectivity index (χ1) is 9.78. The minimum absolute atomic E-state index is 0.00466. The monoisotopic (exact) mass is 278 g/mol. The van der Waals surface area contributed by atoms with Crippen molar-refractivity contribution < 1.29 is 4.79 Å². The molecule has 0 saturated carbocycles. The summed E-state index contributed by atoms with van der Waals surface area (Å²) in [5.74, 6) is -0.00466. The zero-order chi connectivity index (χ0) is 13.9. The van der Waals surface area contributed by atoms with E-state index in [-0.39, 0.29) is 5.91 Å². The molecule has 1 amide bonds. The Morgan fingerprint density at radius 1 is 1.35 bits per heavy atom. The second-order valence-electron chi connectivity index (χ2n) is 5.59. The third-order valence-electron chi connectivity index (χ3n) is 4.22. The number of nitrogens with zero attached hydrogens (tertiary/aromatic N) is 5. The van der Waals surface area contributed by atoms with Crippen LogP contribution in [0, 0.1) is 0 Å². The van der Waals surface area contributed by atoms with Crippen molar-refractivity contribution in [3.05, 3.63) is 11.9 Å². The molecule has 0 spiro atoms. The van der Waals surface area contributed by atoms with E-state index < -0.39 is 0 Å². The van der Waals surface area contributed by atoms with Crippen LogP contribution in [0.15, 0.2) is 6.20 Å². The molecule has 0 aromatic carbocycles. The molecule has 2 aliphatic rings. The molecule has 2 aliphatic heterocycles. The lowest BCUT2D eigenvalue weighted by atomic mass is 10.2. The van der Waals surface area contributed by atoms with Crippen molar-refractivity contribution in [2.24, 2.45) is 5.73 Å². The van der Waals surface area contributed by atoms with E-state index >= 15 is 0 Å². The van der Waals surface area contributed by atoms with E-state index in [0.717, 1.165) is 19.5 Å². The Bertz CT molecular complexity index is 467. The highest BCUT2D eigenvalue weighted by Crippen LogP contribution is 2.21. The van der Waals surface area contributed by atoms with Crippen molar-refractivity contribution >= 4 is 5.91 Å². The molecule has 20 heavy (non-hydrogen) atoms. The van der Waals surface area contributed by atoms with Crippen molar-refractivity contribution in [2.75, 3.05) is 32.7 Å². The second kappa shape index (κ2) is 5.88. The minimum atomic E-state index is -0.00466. The molecule has 1 unspecified atom stereocenters. The number of likely N-dealkylation sites (tertiary alicyclic amines) is 2. The summed E-state index contributed by atoms with van der Waals surface area (Å²) in [6, 6.07) is 0.528. The van der Waals surface area contributed by atoms with Crippen LogP contribution in [0.25, 0.3) is 0 Å². The van der Waals surface area contributed by atoms with Crippen LogP contribution in [0.4, 0.5) is 0 Å². The summed E-state index contributed by atoms with van der Waals surface area (Å²) >= 11 is 0. The van der Waals surface area contributed by atoms with E-state index in [2.05, 4.69) is 15.2 Å². The summed E-state index contributed by atoms with van der Waals surface area (Å²) in [5, 5.41) is 7.88. The fourth-order valence-electron chi connectivity index (χ4n) is 3.13. The van der Waals surface area contributed by atoms with Gasteiger partial charge in [-0.05, 0) is 32.4 Å². The van der Waals surface area contributed by atoms with Crippen molar-refractivity contribution in [1.29, 1.82) is 0 Å². The van der Waals surface area contributed by atoms with Gasteiger partial charge in [0.1, 0.15) is 0 Å². The molecule has 3 rings (SSSR count). The molecule has 2 fully saturated rings. The SMILES string of the molecule is NCCn1cc(C(=O)N2CCC(N3CCCC3)C2)nn1. The van der Waals surface area contributed by atoms with Gasteiger partial charge in [0.05, 0.1) is 12.7 Å². The maximum absolute atomic E-state index is 12.4. The topological polar surface area (TPSA) is 80.3 Å². The van der Waals surface area contributed by atoms with Crippen LogP contribution in [-0.2, 0) is 6.54 Å². The van der Waals surface area contributed by atoms with E-state index in [1.54, 1.807) is 10.9 Å². The summed E-state index contributed by atoms with van der Waals surface area (Å²) in [6.45, 7) is 5.10. The predicted molar refractivity (Wildman–Crippen MR) is 74.2 cm³/mol. The Kier molecular flexibility index (Phi) is 3.98. The van der Waals surface area contributed by atoms with Crippen LogP contribution < -0.4 is 5.73 Å². The van der Waals surface area contributed by atoms with Crippen molar-refractivity contribution in [3.8, 4) is 0 Å². The lowest BCUT2D eigenvalue weighted by molar-refractivity contribution is 0.0774. The van der Waals surface area contributed by atoms with Crippen molar-refractivity contribution in [3.63, 3.8) is 0 Å². The third kappa shape index (κ3) is 2.69. The van der Waals surface area contributed by atoms with E-state index in [1.165, 1.54) is 25.9 Å². The number of hydrogen-bond donors (Lipinski definition) is 1. The predicted octanol–water partition coefficient (Wildman–Crippen LogP) is -0.453. The quantitative estimate of drug-likeness (QED) is 0.806. The molecule has 1 aromatic heterocycles. The van der Waals surface area contributed by atoms with Gasteiger partial charge in [-0.3, -0.25) is 14.4 Å². The largest absolute Gasteiger partial charge is 0.336 e. The van der Waals surface area contributed by atoms with Gasteiger partial charge in [0.15, 0.2) is 5.69 Å². The zero-order valence-corrected chi connectivity index (χ0v) is 11.7.